The molecule has 4 heterocycles. The molecule has 0 atom stereocenters. The Morgan fingerprint density at radius 3 is 2.07 bits per heavy atom. The van der Waals surface area contributed by atoms with Gasteiger partial charge in [0.15, 0.2) is 5.58 Å². The molecule has 0 N–H and O–H groups in total. The Balaban J connectivity index is 1.33. The van der Waals surface area contributed by atoms with E-state index < -0.39 is 0 Å². The molecule has 0 saturated carbocycles. The van der Waals surface area contributed by atoms with Gasteiger partial charge in [-0.05, 0) is 77.2 Å². The minimum absolute atomic E-state index is 0.776. The number of furan rings is 2. The Morgan fingerprint density at radius 2 is 1.21 bits per heavy atom. The Labute approximate surface area is 246 Å². The highest BCUT2D eigenvalue weighted by molar-refractivity contribution is 6.10. The van der Waals surface area contributed by atoms with Gasteiger partial charge in [-0.25, -0.2) is 0 Å². The molecular formula is C38H23N3O2. The fraction of sp³-hybridized carbons (Fsp3) is 0. The lowest BCUT2D eigenvalue weighted by atomic mass is 9.96. The molecule has 0 aliphatic heterocycles. The van der Waals surface area contributed by atoms with Crippen LogP contribution >= 0.6 is 0 Å². The SMILES string of the molecule is c1ccc(-c2ccc(N(c3ccc4oc5ccncc5c4c3)c3ccc4oc5cccnc5c4c3)c3ccccc23)cc1. The van der Waals surface area contributed by atoms with Crippen molar-refractivity contribution in [3.05, 3.63) is 140 Å². The van der Waals surface area contributed by atoms with Crippen LogP contribution in [0.5, 0.6) is 0 Å². The molecule has 0 radical (unpaired) electrons. The van der Waals surface area contributed by atoms with E-state index in [2.05, 4.69) is 106 Å². The molecule has 0 spiro atoms. The molecule has 0 unspecified atom stereocenters. The van der Waals surface area contributed by atoms with Crippen molar-refractivity contribution in [1.29, 1.82) is 0 Å². The van der Waals surface area contributed by atoms with Gasteiger partial charge in [0.2, 0.25) is 0 Å². The van der Waals surface area contributed by atoms with Crippen molar-refractivity contribution in [3.63, 3.8) is 0 Å². The highest BCUT2D eigenvalue weighted by Crippen LogP contribution is 2.44. The largest absolute Gasteiger partial charge is 0.456 e. The van der Waals surface area contributed by atoms with Crippen LogP contribution in [-0.4, -0.2) is 9.97 Å². The molecule has 9 aromatic rings. The molecule has 0 aliphatic rings. The van der Waals surface area contributed by atoms with E-state index in [0.29, 0.717) is 0 Å². The van der Waals surface area contributed by atoms with E-state index in [9.17, 15) is 0 Å². The topological polar surface area (TPSA) is 55.3 Å². The van der Waals surface area contributed by atoms with E-state index in [0.717, 1.165) is 66.5 Å². The second-order valence-electron chi connectivity index (χ2n) is 10.7. The standard InChI is InChI=1S/C38H23N3O2/c1-2-7-24(8-3-1)27-14-15-33(29-10-5-4-9-28(27)29)41(25-12-16-34-30(21-25)32-23-39-20-18-36(32)42-34)26-13-17-35-31(22-26)38-37(43-35)11-6-19-40-38/h1-23H. The van der Waals surface area contributed by atoms with E-state index in [1.165, 1.54) is 16.5 Å². The quantitative estimate of drug-likeness (QED) is 0.217. The number of fused-ring (bicyclic) bond motifs is 7. The number of hydrogen-bond acceptors (Lipinski definition) is 5. The van der Waals surface area contributed by atoms with Crippen LogP contribution in [0.15, 0.2) is 149 Å². The van der Waals surface area contributed by atoms with Crippen LogP contribution in [0, 0.1) is 0 Å². The molecular weight excluding hydrogens is 530 g/mol. The van der Waals surface area contributed by atoms with Gasteiger partial charge in [-0.15, -0.1) is 0 Å². The number of hydrogen-bond donors (Lipinski definition) is 0. The van der Waals surface area contributed by atoms with Gasteiger partial charge in [-0.2, -0.15) is 0 Å². The lowest BCUT2D eigenvalue weighted by Gasteiger charge is -2.27. The fourth-order valence-corrected chi connectivity index (χ4v) is 6.25. The highest BCUT2D eigenvalue weighted by Gasteiger charge is 2.20. The molecule has 5 heteroatoms. The van der Waals surface area contributed by atoms with Crippen molar-refractivity contribution in [3.8, 4) is 11.1 Å². The number of pyridine rings is 2. The predicted octanol–water partition coefficient (Wildman–Crippen LogP) is 10.6. The van der Waals surface area contributed by atoms with Crippen molar-refractivity contribution in [1.82, 2.24) is 9.97 Å². The van der Waals surface area contributed by atoms with Gasteiger partial charge >= 0.3 is 0 Å². The lowest BCUT2D eigenvalue weighted by Crippen LogP contribution is -2.10. The predicted molar refractivity (Wildman–Crippen MR) is 174 cm³/mol. The normalized spacial score (nSPS) is 11.7. The molecule has 43 heavy (non-hydrogen) atoms. The second-order valence-corrected chi connectivity index (χ2v) is 10.7. The van der Waals surface area contributed by atoms with Crippen molar-refractivity contribution in [2.45, 2.75) is 0 Å². The average molecular weight is 554 g/mol. The molecule has 202 valence electrons. The van der Waals surface area contributed by atoms with Crippen LogP contribution in [0.25, 0.3) is 65.9 Å². The third kappa shape index (κ3) is 3.72. The molecule has 0 amide bonds. The first-order valence-electron chi connectivity index (χ1n) is 14.2. The number of aromatic nitrogens is 2. The first-order valence-corrected chi connectivity index (χ1v) is 14.2. The molecule has 0 fully saturated rings. The molecule has 0 saturated heterocycles. The minimum Gasteiger partial charge on any atom is -0.456 e. The fourth-order valence-electron chi connectivity index (χ4n) is 6.25. The molecule has 5 nitrogen and oxygen atoms in total. The summed E-state index contributed by atoms with van der Waals surface area (Å²) in [7, 11) is 0. The van der Waals surface area contributed by atoms with Gasteiger partial charge in [-0.3, -0.25) is 9.97 Å². The summed E-state index contributed by atoms with van der Waals surface area (Å²) in [5.41, 5.74) is 9.56. The molecule has 9 rings (SSSR count). The number of benzene rings is 5. The maximum Gasteiger partial charge on any atom is 0.153 e. The van der Waals surface area contributed by atoms with Crippen LogP contribution in [0.4, 0.5) is 17.1 Å². The third-order valence-electron chi connectivity index (χ3n) is 8.21. The zero-order valence-corrected chi connectivity index (χ0v) is 22.9. The third-order valence-corrected chi connectivity index (χ3v) is 8.21. The second kappa shape index (κ2) is 9.29. The number of rotatable bonds is 4. The molecule has 4 aromatic heterocycles. The number of anilines is 3. The van der Waals surface area contributed by atoms with E-state index in [-0.39, 0.29) is 0 Å². The number of nitrogens with zero attached hydrogens (tertiary/aromatic N) is 3. The first kappa shape index (κ1) is 23.7. The van der Waals surface area contributed by atoms with Gasteiger partial charge in [-0.1, -0.05) is 60.7 Å². The van der Waals surface area contributed by atoms with Crippen LogP contribution in [0.2, 0.25) is 0 Å². The maximum absolute atomic E-state index is 6.15. The molecule has 0 bridgehead atoms. The summed E-state index contributed by atoms with van der Waals surface area (Å²) in [4.78, 5) is 11.3. The summed E-state index contributed by atoms with van der Waals surface area (Å²) in [6.07, 6.45) is 5.44. The van der Waals surface area contributed by atoms with E-state index in [1.54, 1.807) is 6.20 Å². The average Bonchev–Trinajstić information content (AvgIpc) is 3.63. The monoisotopic (exact) mass is 553 g/mol. The zero-order chi connectivity index (χ0) is 28.3. The first-order chi connectivity index (χ1) is 21.3. The minimum atomic E-state index is 0.776. The van der Waals surface area contributed by atoms with Gasteiger partial charge in [0.25, 0.3) is 0 Å². The Hall–Kier alpha value is -5.94. The molecule has 0 aliphatic carbocycles. The van der Waals surface area contributed by atoms with Gasteiger partial charge in [0, 0.05) is 51.5 Å². The maximum atomic E-state index is 6.15. The summed E-state index contributed by atoms with van der Waals surface area (Å²) in [6, 6.07) is 42.1. The van der Waals surface area contributed by atoms with Crippen LogP contribution in [0.3, 0.4) is 0 Å². The van der Waals surface area contributed by atoms with E-state index in [4.69, 9.17) is 8.83 Å². The van der Waals surface area contributed by atoms with Crippen LogP contribution in [0.1, 0.15) is 0 Å². The summed E-state index contributed by atoms with van der Waals surface area (Å²) >= 11 is 0. The molecule has 5 aromatic carbocycles. The Morgan fingerprint density at radius 1 is 0.488 bits per heavy atom. The summed E-state index contributed by atoms with van der Waals surface area (Å²) in [5.74, 6) is 0. The van der Waals surface area contributed by atoms with Crippen LogP contribution in [-0.2, 0) is 0 Å². The van der Waals surface area contributed by atoms with E-state index in [1.807, 2.05) is 42.7 Å². The lowest BCUT2D eigenvalue weighted by molar-refractivity contribution is 0.668. The van der Waals surface area contributed by atoms with Crippen LogP contribution < -0.4 is 4.90 Å². The van der Waals surface area contributed by atoms with Gasteiger partial charge < -0.3 is 13.7 Å². The highest BCUT2D eigenvalue weighted by atomic mass is 16.3. The summed E-state index contributed by atoms with van der Waals surface area (Å²) < 4.78 is 12.3. The zero-order valence-electron chi connectivity index (χ0n) is 22.9. The smallest absolute Gasteiger partial charge is 0.153 e. The van der Waals surface area contributed by atoms with Gasteiger partial charge in [0.05, 0.1) is 5.69 Å². The van der Waals surface area contributed by atoms with Crippen molar-refractivity contribution < 1.29 is 8.83 Å². The summed E-state index contributed by atoms with van der Waals surface area (Å²) in [6.45, 7) is 0. The van der Waals surface area contributed by atoms with E-state index >= 15 is 0 Å². The Kier molecular flexibility index (Phi) is 5.13. The van der Waals surface area contributed by atoms with Crippen molar-refractivity contribution in [2.75, 3.05) is 4.90 Å². The van der Waals surface area contributed by atoms with Crippen molar-refractivity contribution >= 4 is 71.8 Å². The van der Waals surface area contributed by atoms with Gasteiger partial charge in [0.1, 0.15) is 22.3 Å². The summed E-state index contributed by atoms with van der Waals surface area (Å²) in [5, 5.41) is 5.32. The Bertz CT molecular complexity index is 2360. The van der Waals surface area contributed by atoms with Crippen molar-refractivity contribution in [2.24, 2.45) is 0 Å².